The minimum atomic E-state index is -3.55. The van der Waals surface area contributed by atoms with Crippen molar-refractivity contribution >= 4 is 86.5 Å². The van der Waals surface area contributed by atoms with Crippen molar-refractivity contribution in [3.05, 3.63) is 82.2 Å². The zero-order valence-electron chi connectivity index (χ0n) is 70.7. The lowest BCUT2D eigenvalue weighted by Crippen LogP contribution is -2.21. The van der Waals surface area contributed by atoms with Crippen LogP contribution < -0.4 is 70.2 Å². The van der Waals surface area contributed by atoms with Gasteiger partial charge in [0.05, 0.1) is 122 Å². The molecule has 8 amide bonds. The van der Waals surface area contributed by atoms with E-state index in [2.05, 4.69) is 79.3 Å². The van der Waals surface area contributed by atoms with Crippen molar-refractivity contribution in [1.82, 2.24) is 68.7 Å². The highest BCUT2D eigenvalue weighted by atomic mass is 32.2. The van der Waals surface area contributed by atoms with Gasteiger partial charge in [0.2, 0.25) is 35.3 Å². The number of carbonyl (C=O) groups excluding carboxylic acids is 4. The van der Waals surface area contributed by atoms with Gasteiger partial charge in [-0.2, -0.15) is 30.6 Å². The zero-order chi connectivity index (χ0) is 86.8. The van der Waals surface area contributed by atoms with E-state index in [1.54, 1.807) is 45.1 Å². The number of anilines is 4. The smallest absolute Gasteiger partial charge is 0.354 e. The lowest BCUT2D eigenvalue weighted by Gasteiger charge is -2.20. The summed E-state index contributed by atoms with van der Waals surface area (Å²) in [7, 11) is -11.0. The van der Waals surface area contributed by atoms with Gasteiger partial charge < -0.3 is 49.7 Å². The van der Waals surface area contributed by atoms with Crippen molar-refractivity contribution in [2.45, 2.75) is 257 Å². The van der Waals surface area contributed by atoms with Crippen molar-refractivity contribution < 1.29 is 64.4 Å². The highest BCUT2D eigenvalue weighted by Crippen LogP contribution is 2.40. The molecule has 0 bridgehead atoms. The Morgan fingerprint density at radius 2 is 0.644 bits per heavy atom. The van der Waals surface area contributed by atoms with Crippen LogP contribution >= 0.6 is 0 Å². The Balaban J connectivity index is 0.000000179. The maximum Gasteiger partial charge on any atom is 0.354 e. The van der Waals surface area contributed by atoms with E-state index in [0.29, 0.717) is 135 Å². The van der Waals surface area contributed by atoms with E-state index in [9.17, 15) is 36.0 Å². The fourth-order valence-corrected chi connectivity index (χ4v) is 17.3. The number of amides is 8. The molecule has 0 aromatic carbocycles. The molecule has 4 aliphatic rings. The SMILES string of the molecule is CCn1nc(C(C)C)c(NC(=O)N=S(N)(=O)c2cnn3c2OCCC3)c1C(C)C.CCn1nc(C(C)C)c(NC(=O)N=S(N)(=O)c2cnn3c2OCCC3)c1C(C)C.COc1cc(C(C)C)c(NC(=O)N=S(N)(=O)c2cnn3c2OCCC3)c(C(C)C)n1.COc1cc(C(C)C)c(NC(=O)N=S(N)(=O)c2cnn3c2OCCC3)c(C(C)C)n1. The number of rotatable bonds is 20. The third kappa shape index (κ3) is 21.3. The van der Waals surface area contributed by atoms with E-state index in [4.69, 9.17) is 49.0 Å². The minimum absolute atomic E-state index is 0.00576. The summed E-state index contributed by atoms with van der Waals surface area (Å²) in [5.74, 6) is 2.74. The lowest BCUT2D eigenvalue weighted by molar-refractivity contribution is 0.224. The van der Waals surface area contributed by atoms with Crippen molar-refractivity contribution in [3.63, 3.8) is 0 Å². The lowest BCUT2D eigenvalue weighted by atomic mass is 9.97. The number of hydrogen-bond donors (Lipinski definition) is 8. The van der Waals surface area contributed by atoms with Crippen LogP contribution in [0.1, 0.15) is 243 Å². The van der Waals surface area contributed by atoms with Crippen LogP contribution in [0.3, 0.4) is 0 Å². The first kappa shape index (κ1) is 91.8. The number of methoxy groups -OCH3 is 2. The van der Waals surface area contributed by atoms with E-state index in [0.717, 1.165) is 59.6 Å². The molecule has 4 unspecified atom stereocenters. The molecule has 12 rings (SSSR count). The van der Waals surface area contributed by atoms with E-state index in [1.165, 1.54) is 24.8 Å². The van der Waals surface area contributed by atoms with Crippen molar-refractivity contribution in [2.24, 2.45) is 38.0 Å². The molecule has 4 atom stereocenters. The molecule has 8 aromatic heterocycles. The first-order valence-electron chi connectivity index (χ1n) is 39.1. The van der Waals surface area contributed by atoms with E-state index in [1.807, 2.05) is 134 Å². The molecule has 648 valence electrons. The third-order valence-electron chi connectivity index (χ3n) is 18.8. The number of aryl methyl sites for hydroxylation is 6. The molecule has 0 fully saturated rings. The molecule has 44 heteroatoms. The van der Waals surface area contributed by atoms with Crippen molar-refractivity contribution in [3.8, 4) is 35.3 Å². The average molecular weight is 1720 g/mol. The summed E-state index contributed by atoms with van der Waals surface area (Å²) < 4.78 is 110. The van der Waals surface area contributed by atoms with Gasteiger partial charge in [0.1, 0.15) is 19.6 Å². The van der Waals surface area contributed by atoms with Crippen LogP contribution in [-0.4, -0.2) is 150 Å². The normalized spacial score (nSPS) is 15.5. The number of urea groups is 4. The van der Waals surface area contributed by atoms with Gasteiger partial charge in [-0.15, -0.1) is 17.5 Å². The van der Waals surface area contributed by atoms with E-state index in [-0.39, 0.29) is 66.9 Å². The van der Waals surface area contributed by atoms with Gasteiger partial charge in [0.15, 0.2) is 39.7 Å². The third-order valence-corrected chi connectivity index (χ3v) is 24.2. The number of fused-ring (bicyclic) bond motifs is 4. The second-order valence-corrected chi connectivity index (χ2v) is 37.5. The number of aromatic nitrogens is 14. The van der Waals surface area contributed by atoms with E-state index >= 15 is 0 Å². The zero-order valence-corrected chi connectivity index (χ0v) is 74.0. The summed E-state index contributed by atoms with van der Waals surface area (Å²) in [5, 5.41) is 60.5. The number of ether oxygens (including phenoxy) is 6. The Hall–Kier alpha value is -10.1. The molecule has 0 aliphatic carbocycles. The van der Waals surface area contributed by atoms with Gasteiger partial charge in [-0.25, -0.2) is 85.3 Å². The Morgan fingerprint density at radius 3 is 0.856 bits per heavy atom. The molecule has 0 saturated heterocycles. The van der Waals surface area contributed by atoms with Crippen LogP contribution in [0.4, 0.5) is 41.9 Å². The fraction of sp³-hybridized carbons (Fsp3) is 0.568. The fourth-order valence-electron chi connectivity index (χ4n) is 13.2. The Bertz CT molecular complexity index is 5140. The van der Waals surface area contributed by atoms with Crippen LogP contribution in [0.2, 0.25) is 0 Å². The second kappa shape index (κ2) is 38.7. The van der Waals surface area contributed by atoms with Crippen LogP contribution in [0.25, 0.3) is 0 Å². The summed E-state index contributed by atoms with van der Waals surface area (Å²) in [5.41, 5.74) is 8.55. The number of nitrogens with two attached hydrogens (primary N) is 4. The largest absolute Gasteiger partial charge is 0.481 e. The van der Waals surface area contributed by atoms with Crippen LogP contribution in [0.15, 0.2) is 74.0 Å². The highest BCUT2D eigenvalue weighted by Gasteiger charge is 2.33. The van der Waals surface area contributed by atoms with Gasteiger partial charge in [0, 0.05) is 77.1 Å². The first-order valence-corrected chi connectivity index (χ1v) is 45.5. The van der Waals surface area contributed by atoms with Gasteiger partial charge in [-0.05, 0) is 72.3 Å². The number of pyridine rings is 2. The molecule has 12 N–H and O–H groups in total. The minimum Gasteiger partial charge on any atom is -0.481 e. The monoisotopic (exact) mass is 1720 g/mol. The summed E-state index contributed by atoms with van der Waals surface area (Å²) in [6, 6.07) is 0.324. The van der Waals surface area contributed by atoms with Crippen LogP contribution in [0, 0.1) is 0 Å². The molecule has 0 spiro atoms. The van der Waals surface area contributed by atoms with Gasteiger partial charge in [-0.1, -0.05) is 111 Å². The number of carbonyl (C=O) groups is 4. The van der Waals surface area contributed by atoms with Gasteiger partial charge >= 0.3 is 24.1 Å². The summed E-state index contributed by atoms with van der Waals surface area (Å²) >= 11 is 0. The molecule has 118 heavy (non-hydrogen) atoms. The summed E-state index contributed by atoms with van der Waals surface area (Å²) in [6.07, 6.45) is 8.57. The Kier molecular flexibility index (Phi) is 30.1. The Labute approximate surface area is 689 Å². The molecule has 0 saturated carbocycles. The predicted molar refractivity (Wildman–Crippen MR) is 448 cm³/mol. The molecular formula is C74H114N26O14S4. The summed E-state index contributed by atoms with van der Waals surface area (Å²) in [6.45, 7) is 41.7. The number of nitrogens with one attached hydrogen (secondary N) is 4. The quantitative estimate of drug-likeness (QED) is 0.0351. The van der Waals surface area contributed by atoms with Gasteiger partial charge in [0.25, 0.3) is 0 Å². The molecule has 12 heterocycles. The predicted octanol–water partition coefficient (Wildman–Crippen LogP) is 12.6. The molecule has 0 radical (unpaired) electrons. The molecule has 40 nitrogen and oxygen atoms in total. The maximum absolute atomic E-state index is 13.0. The average Bonchev–Trinajstić information content (AvgIpc) is 1.54. The molecule has 4 aliphatic heterocycles. The Morgan fingerprint density at radius 1 is 0.398 bits per heavy atom. The number of hydrogen-bond acceptors (Lipinski definition) is 22. The highest BCUT2D eigenvalue weighted by molar-refractivity contribution is 7.92. The van der Waals surface area contributed by atoms with Crippen molar-refractivity contribution in [2.75, 3.05) is 61.9 Å². The first-order chi connectivity index (χ1) is 55.6. The molecular weight excluding hydrogens is 1610 g/mol. The van der Waals surface area contributed by atoms with Crippen LogP contribution in [0.5, 0.6) is 35.3 Å². The summed E-state index contributed by atoms with van der Waals surface area (Å²) in [4.78, 5) is 60.3. The van der Waals surface area contributed by atoms with Crippen molar-refractivity contribution in [1.29, 1.82) is 0 Å². The maximum atomic E-state index is 13.0. The topological polar surface area (TPSA) is 526 Å². The number of nitrogens with zero attached hydrogens (tertiary/aromatic N) is 18. The van der Waals surface area contributed by atoms with Gasteiger partial charge in [-0.3, -0.25) is 9.36 Å². The van der Waals surface area contributed by atoms with Crippen LogP contribution in [-0.2, 0) is 78.9 Å². The van der Waals surface area contributed by atoms with E-state index < -0.39 is 63.8 Å². The molecule has 8 aromatic rings. The second-order valence-electron chi connectivity index (χ2n) is 30.5. The standard InChI is InChI=1S/2C19H28N6O4S.2C18H29N7O3S/c2*1-11(2)13-9-15(28-5)22-16(12(3)4)17(13)23-19(26)24-30(20,27)14-10-21-25-7-6-8-29-18(14)25;2*1-6-24-16(12(4)5)15(14(22-24)11(2)3)21-18(26)23-29(19,27)13-10-20-25-8-7-9-28-17(13)25/h2*9-12H,6-8H2,1-5H3,(H3,20,23,24,26,27);2*10-12H,6-9H2,1-5H3,(H3,19,21,23,26,27).